The van der Waals surface area contributed by atoms with Crippen molar-refractivity contribution >= 4 is 16.9 Å². The highest BCUT2D eigenvalue weighted by atomic mass is 19.1. The van der Waals surface area contributed by atoms with Gasteiger partial charge in [0.1, 0.15) is 24.8 Å². The van der Waals surface area contributed by atoms with E-state index in [1.54, 1.807) is 0 Å². The lowest BCUT2D eigenvalue weighted by molar-refractivity contribution is 0.0106. The van der Waals surface area contributed by atoms with Crippen molar-refractivity contribution in [3.63, 3.8) is 0 Å². The number of rotatable bonds is 8. The predicted molar refractivity (Wildman–Crippen MR) is 120 cm³/mol. The van der Waals surface area contributed by atoms with Crippen molar-refractivity contribution in [2.75, 3.05) is 26.3 Å². The Kier molecular flexibility index (Phi) is 7.19. The largest absolute Gasteiger partial charge is 0.489 e. The molecule has 0 bridgehead atoms. The van der Waals surface area contributed by atoms with Crippen LogP contribution in [0.15, 0.2) is 60.7 Å². The minimum atomic E-state index is -0.822. The van der Waals surface area contributed by atoms with Gasteiger partial charge in [-0.15, -0.1) is 0 Å². The van der Waals surface area contributed by atoms with Crippen molar-refractivity contribution in [3.8, 4) is 5.75 Å². The number of halogens is 1. The summed E-state index contributed by atoms with van der Waals surface area (Å²) in [5, 5.41) is 5.40. The summed E-state index contributed by atoms with van der Waals surface area (Å²) >= 11 is 0. The Hall–Kier alpha value is -3.16. The van der Waals surface area contributed by atoms with E-state index in [-0.39, 0.29) is 31.1 Å². The molecule has 32 heavy (non-hydrogen) atoms. The number of piperidine rings is 1. The molecule has 0 saturated carbocycles. The van der Waals surface area contributed by atoms with Gasteiger partial charge in [0.25, 0.3) is 0 Å². The minimum absolute atomic E-state index is 0.0194. The van der Waals surface area contributed by atoms with E-state index in [0.717, 1.165) is 41.4 Å². The number of nitrogens with two attached hydrogens (primary N) is 1. The molecule has 7 heteroatoms. The molecule has 3 N–H and O–H groups in total. The first-order chi connectivity index (χ1) is 15.6. The normalized spacial score (nSPS) is 18.4. The zero-order chi connectivity index (χ0) is 22.3. The van der Waals surface area contributed by atoms with Crippen LogP contribution in [0.3, 0.4) is 0 Å². The van der Waals surface area contributed by atoms with Crippen LogP contribution in [0.2, 0.25) is 0 Å². The Morgan fingerprint density at radius 2 is 1.91 bits per heavy atom. The molecule has 168 valence electrons. The van der Waals surface area contributed by atoms with E-state index in [9.17, 15) is 9.18 Å². The van der Waals surface area contributed by atoms with Crippen molar-refractivity contribution in [2.24, 2.45) is 5.73 Å². The highest BCUT2D eigenvalue weighted by Gasteiger charge is 2.27. The average Bonchev–Trinajstić information content (AvgIpc) is 2.81. The maximum absolute atomic E-state index is 13.4. The molecule has 6 nitrogen and oxygen atoms in total. The van der Waals surface area contributed by atoms with E-state index in [1.807, 2.05) is 42.5 Å². The van der Waals surface area contributed by atoms with E-state index >= 15 is 0 Å². The average molecular weight is 438 g/mol. The number of hydrogen-bond donors (Lipinski definition) is 2. The molecule has 1 aliphatic heterocycles. The summed E-state index contributed by atoms with van der Waals surface area (Å²) in [6, 6.07) is 18.7. The lowest BCUT2D eigenvalue weighted by Gasteiger charge is -2.32. The van der Waals surface area contributed by atoms with Crippen molar-refractivity contribution < 1.29 is 23.4 Å². The first kappa shape index (κ1) is 22.0. The van der Waals surface area contributed by atoms with E-state index in [2.05, 4.69) is 11.4 Å². The second kappa shape index (κ2) is 10.4. The Morgan fingerprint density at radius 1 is 1.09 bits per heavy atom. The Bertz CT molecular complexity index is 1060. The number of primary amides is 1. The molecule has 2 atom stereocenters. The summed E-state index contributed by atoms with van der Waals surface area (Å²) in [6.07, 6.45) is 0.0915. The molecule has 0 aromatic heterocycles. The third-order valence-electron chi connectivity index (χ3n) is 5.66. The van der Waals surface area contributed by atoms with E-state index in [1.165, 1.54) is 12.1 Å². The van der Waals surface area contributed by atoms with Gasteiger partial charge in [-0.25, -0.2) is 9.18 Å². The Balaban J connectivity index is 1.48. The molecule has 0 radical (unpaired) electrons. The first-order valence-corrected chi connectivity index (χ1v) is 10.7. The van der Waals surface area contributed by atoms with Crippen molar-refractivity contribution in [2.45, 2.75) is 25.0 Å². The Labute approximate surface area is 186 Å². The maximum Gasteiger partial charge on any atom is 0.404 e. The molecular weight excluding hydrogens is 411 g/mol. The monoisotopic (exact) mass is 438 g/mol. The van der Waals surface area contributed by atoms with Gasteiger partial charge >= 0.3 is 6.09 Å². The first-order valence-electron chi connectivity index (χ1n) is 10.7. The summed E-state index contributed by atoms with van der Waals surface area (Å²) in [5.41, 5.74) is 7.08. The molecule has 1 amide bonds. The number of carbonyl (C=O) groups excluding carboxylic acids is 1. The second-order valence-corrected chi connectivity index (χ2v) is 7.83. The van der Waals surface area contributed by atoms with Crippen LogP contribution in [0.4, 0.5) is 9.18 Å². The number of hydrogen-bond acceptors (Lipinski definition) is 5. The molecule has 1 saturated heterocycles. The van der Waals surface area contributed by atoms with E-state index in [0.29, 0.717) is 12.4 Å². The van der Waals surface area contributed by atoms with Gasteiger partial charge in [-0.1, -0.05) is 36.4 Å². The van der Waals surface area contributed by atoms with Gasteiger partial charge in [0, 0.05) is 17.8 Å². The standard InChI is InChI=1S/C25H27FN2O4/c26-20-7-5-18(6-8-20)22-9-10-28-15-24(22)32-16-17-13-19-3-1-2-4-21(19)23(14-17)30-11-12-31-25(27)29/h1-8,13-14,22,24,28H,9-12,15-16H2,(H2,27,29). The fourth-order valence-electron chi connectivity index (χ4n) is 4.13. The number of nitrogens with one attached hydrogen (secondary N) is 1. The molecule has 4 rings (SSSR count). The highest BCUT2D eigenvalue weighted by Crippen LogP contribution is 2.31. The highest BCUT2D eigenvalue weighted by molar-refractivity contribution is 5.89. The fourth-order valence-corrected chi connectivity index (χ4v) is 4.13. The quantitative estimate of drug-likeness (QED) is 0.517. The summed E-state index contributed by atoms with van der Waals surface area (Å²) in [7, 11) is 0. The molecule has 2 unspecified atom stereocenters. The number of carbonyl (C=O) groups is 1. The van der Waals surface area contributed by atoms with Gasteiger partial charge in [-0.3, -0.25) is 0 Å². The lowest BCUT2D eigenvalue weighted by atomic mass is 9.88. The second-order valence-electron chi connectivity index (χ2n) is 7.83. The zero-order valence-electron chi connectivity index (χ0n) is 17.8. The zero-order valence-corrected chi connectivity index (χ0v) is 17.8. The van der Waals surface area contributed by atoms with Gasteiger partial charge in [0.05, 0.1) is 12.7 Å². The van der Waals surface area contributed by atoms with Gasteiger partial charge in [0.15, 0.2) is 0 Å². The maximum atomic E-state index is 13.4. The molecular formula is C25H27FN2O4. The molecule has 1 aliphatic rings. The molecule has 1 heterocycles. The van der Waals surface area contributed by atoms with Crippen LogP contribution >= 0.6 is 0 Å². The lowest BCUT2D eigenvalue weighted by Crippen LogP contribution is -2.40. The van der Waals surface area contributed by atoms with Crippen molar-refractivity contribution in [3.05, 3.63) is 77.6 Å². The molecule has 0 spiro atoms. The molecule has 3 aromatic rings. The molecule has 0 aliphatic carbocycles. The van der Waals surface area contributed by atoms with Gasteiger partial charge < -0.3 is 25.3 Å². The van der Waals surface area contributed by atoms with Crippen LogP contribution in [0.5, 0.6) is 5.75 Å². The van der Waals surface area contributed by atoms with Crippen LogP contribution in [0.1, 0.15) is 23.5 Å². The van der Waals surface area contributed by atoms with E-state index < -0.39 is 6.09 Å². The summed E-state index contributed by atoms with van der Waals surface area (Å²) < 4.78 is 30.3. The predicted octanol–water partition coefficient (Wildman–Crippen LogP) is 4.12. The molecule has 1 fully saturated rings. The third kappa shape index (κ3) is 5.55. The summed E-state index contributed by atoms with van der Waals surface area (Å²) in [4.78, 5) is 10.8. The Morgan fingerprint density at radius 3 is 2.72 bits per heavy atom. The van der Waals surface area contributed by atoms with Crippen molar-refractivity contribution in [1.82, 2.24) is 5.32 Å². The fraction of sp³-hybridized carbons (Fsp3) is 0.320. The smallest absolute Gasteiger partial charge is 0.404 e. The van der Waals surface area contributed by atoms with Gasteiger partial charge in [0.2, 0.25) is 0 Å². The minimum Gasteiger partial charge on any atom is -0.489 e. The number of amides is 1. The van der Waals surface area contributed by atoms with Crippen LogP contribution in [0, 0.1) is 5.82 Å². The van der Waals surface area contributed by atoms with Gasteiger partial charge in [-0.2, -0.15) is 0 Å². The SMILES string of the molecule is NC(=O)OCCOc1cc(COC2CNCCC2c2ccc(F)cc2)cc2ccccc12. The van der Waals surface area contributed by atoms with Gasteiger partial charge in [-0.05, 0) is 53.7 Å². The summed E-state index contributed by atoms with van der Waals surface area (Å²) in [5.74, 6) is 0.677. The summed E-state index contributed by atoms with van der Waals surface area (Å²) in [6.45, 7) is 2.35. The third-order valence-corrected chi connectivity index (χ3v) is 5.66. The van der Waals surface area contributed by atoms with Crippen LogP contribution in [-0.2, 0) is 16.1 Å². The number of fused-ring (bicyclic) bond motifs is 1. The topological polar surface area (TPSA) is 82.8 Å². The number of benzene rings is 3. The van der Waals surface area contributed by atoms with Crippen LogP contribution < -0.4 is 15.8 Å². The van der Waals surface area contributed by atoms with Crippen LogP contribution in [-0.4, -0.2) is 38.5 Å². The van der Waals surface area contributed by atoms with E-state index in [4.69, 9.17) is 19.9 Å². The van der Waals surface area contributed by atoms with Crippen molar-refractivity contribution in [1.29, 1.82) is 0 Å². The molecule has 3 aromatic carbocycles. The van der Waals surface area contributed by atoms with Crippen LogP contribution in [0.25, 0.3) is 10.8 Å². The number of ether oxygens (including phenoxy) is 3.